The molecule has 34 heavy (non-hydrogen) atoms. The van der Waals surface area contributed by atoms with Gasteiger partial charge in [-0.3, -0.25) is 9.59 Å². The summed E-state index contributed by atoms with van der Waals surface area (Å²) in [5, 5.41) is 3.18. The number of anilines is 2. The molecule has 0 atom stereocenters. The van der Waals surface area contributed by atoms with E-state index in [1.807, 2.05) is 76.2 Å². The van der Waals surface area contributed by atoms with Crippen LogP contribution in [0.4, 0.5) is 11.4 Å². The van der Waals surface area contributed by atoms with E-state index < -0.39 is 5.91 Å². The molecule has 1 aliphatic heterocycles. The van der Waals surface area contributed by atoms with Crippen molar-refractivity contribution >= 4 is 28.8 Å². The summed E-state index contributed by atoms with van der Waals surface area (Å²) in [6.07, 6.45) is 0.0325. The summed E-state index contributed by atoms with van der Waals surface area (Å²) >= 11 is 0. The van der Waals surface area contributed by atoms with Gasteiger partial charge in [0.15, 0.2) is 0 Å². The Morgan fingerprint density at radius 1 is 0.853 bits per heavy atom. The van der Waals surface area contributed by atoms with Crippen molar-refractivity contribution in [3.8, 4) is 11.5 Å². The summed E-state index contributed by atoms with van der Waals surface area (Å²) in [6, 6.07) is 20.1. The molecule has 0 saturated heterocycles. The third kappa shape index (κ3) is 4.53. The Labute approximate surface area is 199 Å². The van der Waals surface area contributed by atoms with Crippen LogP contribution in [0.1, 0.15) is 30.5 Å². The summed E-state index contributed by atoms with van der Waals surface area (Å²) in [5.74, 6) is 0.562. The maximum absolute atomic E-state index is 13.7. The van der Waals surface area contributed by atoms with Crippen molar-refractivity contribution in [3.05, 3.63) is 89.1 Å². The fraction of sp³-hybridized carbons (Fsp3) is 0.214. The lowest BCUT2D eigenvalue weighted by Gasteiger charge is -2.18. The minimum absolute atomic E-state index is 0.0325. The van der Waals surface area contributed by atoms with Crippen molar-refractivity contribution in [2.45, 2.75) is 33.8 Å². The topological polar surface area (TPSA) is 67.9 Å². The largest absolute Gasteiger partial charge is 0.497 e. The van der Waals surface area contributed by atoms with Gasteiger partial charge in [0, 0.05) is 11.8 Å². The Balaban J connectivity index is 1.80. The number of carbonyl (C=O) groups excluding carboxylic acids is 2. The number of benzene rings is 3. The predicted molar refractivity (Wildman–Crippen MR) is 134 cm³/mol. The zero-order chi connectivity index (χ0) is 24.4. The van der Waals surface area contributed by atoms with Gasteiger partial charge < -0.3 is 14.8 Å². The van der Waals surface area contributed by atoms with Gasteiger partial charge in [-0.15, -0.1) is 0 Å². The van der Waals surface area contributed by atoms with Gasteiger partial charge in [-0.25, -0.2) is 4.90 Å². The molecule has 6 heteroatoms. The van der Waals surface area contributed by atoms with E-state index >= 15 is 0 Å². The molecule has 0 spiro atoms. The van der Waals surface area contributed by atoms with Gasteiger partial charge in [-0.1, -0.05) is 35.9 Å². The Morgan fingerprint density at radius 2 is 1.59 bits per heavy atom. The summed E-state index contributed by atoms with van der Waals surface area (Å²) in [7, 11) is 1.58. The molecule has 0 aromatic heterocycles. The fourth-order valence-electron chi connectivity index (χ4n) is 4.01. The molecule has 0 fully saturated rings. The van der Waals surface area contributed by atoms with Crippen LogP contribution in [-0.2, 0) is 9.59 Å². The number of rotatable bonds is 7. The maximum Gasteiger partial charge on any atom is 0.282 e. The van der Waals surface area contributed by atoms with Crippen molar-refractivity contribution in [3.63, 3.8) is 0 Å². The third-order valence-electron chi connectivity index (χ3n) is 5.53. The van der Waals surface area contributed by atoms with E-state index in [2.05, 4.69) is 5.32 Å². The quantitative estimate of drug-likeness (QED) is 0.476. The van der Waals surface area contributed by atoms with Crippen molar-refractivity contribution in [1.29, 1.82) is 0 Å². The highest BCUT2D eigenvalue weighted by molar-refractivity contribution is 6.46. The van der Waals surface area contributed by atoms with Crippen LogP contribution in [0.2, 0.25) is 0 Å². The van der Waals surface area contributed by atoms with Gasteiger partial charge in [-0.05, 0) is 69.2 Å². The van der Waals surface area contributed by atoms with Crippen LogP contribution in [-0.4, -0.2) is 25.0 Å². The summed E-state index contributed by atoms with van der Waals surface area (Å²) in [5.41, 5.74) is 4.29. The number of methoxy groups -OCH3 is 1. The molecule has 174 valence electrons. The van der Waals surface area contributed by atoms with Gasteiger partial charge >= 0.3 is 0 Å². The fourth-order valence-corrected chi connectivity index (χ4v) is 4.01. The molecule has 1 heterocycles. The minimum atomic E-state index is -0.405. The Kier molecular flexibility index (Phi) is 6.41. The van der Waals surface area contributed by atoms with E-state index in [0.717, 1.165) is 11.1 Å². The number of nitrogens with zero attached hydrogens (tertiary/aromatic N) is 1. The number of hydrogen-bond donors (Lipinski definition) is 1. The molecule has 3 aromatic carbocycles. The normalized spacial score (nSPS) is 13.6. The van der Waals surface area contributed by atoms with Crippen molar-refractivity contribution in [2.75, 3.05) is 17.3 Å². The Hall–Kier alpha value is -4.06. The number of nitrogens with one attached hydrogen (secondary N) is 1. The van der Waals surface area contributed by atoms with E-state index in [-0.39, 0.29) is 17.7 Å². The first-order valence-electron chi connectivity index (χ1n) is 11.2. The number of aryl methyl sites for hydroxylation is 2. The molecule has 2 amide bonds. The van der Waals surface area contributed by atoms with E-state index in [0.29, 0.717) is 34.0 Å². The van der Waals surface area contributed by atoms with Crippen molar-refractivity contribution in [2.24, 2.45) is 0 Å². The molecule has 1 N–H and O–H groups in total. The molecule has 3 aromatic rings. The number of hydrogen-bond acceptors (Lipinski definition) is 5. The average Bonchev–Trinajstić information content (AvgIpc) is 3.04. The van der Waals surface area contributed by atoms with Crippen LogP contribution in [0, 0.1) is 13.8 Å². The lowest BCUT2D eigenvalue weighted by atomic mass is 10.0. The molecule has 0 saturated carbocycles. The van der Waals surface area contributed by atoms with Crippen LogP contribution in [0.15, 0.2) is 72.4 Å². The van der Waals surface area contributed by atoms with E-state index in [1.54, 1.807) is 25.3 Å². The van der Waals surface area contributed by atoms with Gasteiger partial charge in [0.05, 0.1) is 24.5 Å². The second kappa shape index (κ2) is 9.43. The van der Waals surface area contributed by atoms with Crippen molar-refractivity contribution < 1.29 is 19.1 Å². The highest BCUT2D eigenvalue weighted by Crippen LogP contribution is 2.36. The first-order chi connectivity index (χ1) is 16.3. The van der Waals surface area contributed by atoms with E-state index in [1.165, 1.54) is 4.90 Å². The zero-order valence-corrected chi connectivity index (χ0v) is 20.0. The standard InChI is InChI=1S/C28H28N2O4/c1-17(2)34-22-12-10-20(11-13-22)25-26(29-21-7-6-8-23(16-21)33-5)28(32)30(27(25)31)24-14-9-18(3)15-19(24)4/h6-17,29H,1-5H3. The first kappa shape index (κ1) is 23.1. The average molecular weight is 457 g/mol. The highest BCUT2D eigenvalue weighted by atomic mass is 16.5. The van der Waals surface area contributed by atoms with E-state index in [9.17, 15) is 9.59 Å². The highest BCUT2D eigenvalue weighted by Gasteiger charge is 2.40. The summed E-state index contributed by atoms with van der Waals surface area (Å²) in [4.78, 5) is 28.6. The van der Waals surface area contributed by atoms with Gasteiger partial charge in [0.2, 0.25) is 0 Å². The number of carbonyl (C=O) groups is 2. The SMILES string of the molecule is COc1cccc(NC2=C(c3ccc(OC(C)C)cc3)C(=O)N(c3ccc(C)cc3C)C2=O)c1. The van der Waals surface area contributed by atoms with Crippen LogP contribution < -0.4 is 19.7 Å². The Bertz CT molecular complexity index is 1280. The molecular weight excluding hydrogens is 428 g/mol. The molecule has 0 radical (unpaired) electrons. The second-order valence-corrected chi connectivity index (χ2v) is 8.53. The molecule has 4 rings (SSSR count). The van der Waals surface area contributed by atoms with Crippen LogP contribution in [0.3, 0.4) is 0 Å². The second-order valence-electron chi connectivity index (χ2n) is 8.53. The summed E-state index contributed by atoms with van der Waals surface area (Å²) in [6.45, 7) is 7.78. The van der Waals surface area contributed by atoms with Gasteiger partial charge in [-0.2, -0.15) is 0 Å². The minimum Gasteiger partial charge on any atom is -0.497 e. The van der Waals surface area contributed by atoms with Gasteiger partial charge in [0.25, 0.3) is 11.8 Å². The van der Waals surface area contributed by atoms with Crippen LogP contribution in [0.25, 0.3) is 5.57 Å². The van der Waals surface area contributed by atoms with Crippen LogP contribution in [0.5, 0.6) is 11.5 Å². The van der Waals surface area contributed by atoms with Crippen LogP contribution >= 0.6 is 0 Å². The van der Waals surface area contributed by atoms with E-state index in [4.69, 9.17) is 9.47 Å². The monoisotopic (exact) mass is 456 g/mol. The lowest BCUT2D eigenvalue weighted by Crippen LogP contribution is -2.33. The molecule has 0 bridgehead atoms. The Morgan fingerprint density at radius 3 is 2.24 bits per heavy atom. The number of amides is 2. The first-order valence-corrected chi connectivity index (χ1v) is 11.2. The molecule has 0 aliphatic carbocycles. The molecule has 0 unspecified atom stereocenters. The predicted octanol–water partition coefficient (Wildman–Crippen LogP) is 5.50. The van der Waals surface area contributed by atoms with Gasteiger partial charge in [0.1, 0.15) is 17.2 Å². The lowest BCUT2D eigenvalue weighted by molar-refractivity contribution is -0.120. The zero-order valence-electron chi connectivity index (χ0n) is 20.0. The number of ether oxygens (including phenoxy) is 2. The smallest absolute Gasteiger partial charge is 0.282 e. The summed E-state index contributed by atoms with van der Waals surface area (Å²) < 4.78 is 11.0. The number of imide groups is 1. The molecule has 6 nitrogen and oxygen atoms in total. The molecule has 1 aliphatic rings. The maximum atomic E-state index is 13.7. The van der Waals surface area contributed by atoms with Crippen molar-refractivity contribution in [1.82, 2.24) is 0 Å². The molecular formula is C28H28N2O4. The third-order valence-corrected chi connectivity index (χ3v) is 5.53.